The minimum Gasteiger partial charge on any atom is -0.466 e. The van der Waals surface area contributed by atoms with Gasteiger partial charge in [-0.2, -0.15) is 0 Å². The molecule has 1 atom stereocenters. The van der Waals surface area contributed by atoms with E-state index in [0.29, 0.717) is 24.9 Å². The molecule has 0 aromatic carbocycles. The van der Waals surface area contributed by atoms with E-state index < -0.39 is 0 Å². The Morgan fingerprint density at radius 3 is 2.20 bits per heavy atom. The first kappa shape index (κ1) is 19.5. The molecule has 0 N–H and O–H groups in total. The van der Waals surface area contributed by atoms with Crippen LogP contribution in [0.1, 0.15) is 86.0 Å². The number of carbonyl (C=O) groups excluding carboxylic acids is 1. The Balaban J connectivity index is 3.73. The van der Waals surface area contributed by atoms with Gasteiger partial charge in [-0.15, -0.1) is 0 Å². The molecule has 0 aliphatic rings. The third kappa shape index (κ3) is 11.3. The standard InChI is InChI=1S/C18H36O2/c1-6-7-8-9-10-18(19)20-14-13-17(16(4)5)12-11-15(2)3/h15-17H,6-14H2,1-5H3. The van der Waals surface area contributed by atoms with Crippen molar-refractivity contribution >= 4 is 5.97 Å². The average molecular weight is 284 g/mol. The number of hydrogen-bond acceptors (Lipinski definition) is 2. The molecule has 0 bridgehead atoms. The average Bonchev–Trinajstić information content (AvgIpc) is 2.38. The van der Waals surface area contributed by atoms with Crippen LogP contribution < -0.4 is 0 Å². The Hall–Kier alpha value is -0.530. The number of esters is 1. The summed E-state index contributed by atoms with van der Waals surface area (Å²) < 4.78 is 5.37. The van der Waals surface area contributed by atoms with Gasteiger partial charge in [0.05, 0.1) is 6.61 Å². The Morgan fingerprint density at radius 2 is 1.65 bits per heavy atom. The minimum absolute atomic E-state index is 0.00697. The Bertz CT molecular complexity index is 234. The fourth-order valence-corrected chi connectivity index (χ4v) is 2.45. The van der Waals surface area contributed by atoms with Crippen molar-refractivity contribution in [2.75, 3.05) is 6.61 Å². The van der Waals surface area contributed by atoms with E-state index >= 15 is 0 Å². The molecule has 0 radical (unpaired) electrons. The van der Waals surface area contributed by atoms with Gasteiger partial charge in [0.2, 0.25) is 0 Å². The van der Waals surface area contributed by atoms with Crippen LogP contribution in [0, 0.1) is 17.8 Å². The van der Waals surface area contributed by atoms with Gasteiger partial charge in [0, 0.05) is 6.42 Å². The minimum atomic E-state index is -0.00697. The summed E-state index contributed by atoms with van der Waals surface area (Å²) >= 11 is 0. The van der Waals surface area contributed by atoms with Crippen LogP contribution >= 0.6 is 0 Å². The summed E-state index contributed by atoms with van der Waals surface area (Å²) in [4.78, 5) is 11.6. The molecule has 2 heteroatoms. The lowest BCUT2D eigenvalue weighted by atomic mass is 9.86. The quantitative estimate of drug-likeness (QED) is 0.344. The van der Waals surface area contributed by atoms with Crippen LogP contribution in [0.5, 0.6) is 0 Å². The highest BCUT2D eigenvalue weighted by Crippen LogP contribution is 2.23. The van der Waals surface area contributed by atoms with Crippen molar-refractivity contribution in [3.8, 4) is 0 Å². The Kier molecular flexibility index (Phi) is 11.9. The lowest BCUT2D eigenvalue weighted by Crippen LogP contribution is -2.15. The smallest absolute Gasteiger partial charge is 0.305 e. The fourth-order valence-electron chi connectivity index (χ4n) is 2.45. The molecule has 0 saturated carbocycles. The van der Waals surface area contributed by atoms with Gasteiger partial charge in [0.25, 0.3) is 0 Å². The molecule has 20 heavy (non-hydrogen) atoms. The number of carbonyl (C=O) groups is 1. The molecule has 0 aromatic heterocycles. The van der Waals surface area contributed by atoms with E-state index in [1.54, 1.807) is 0 Å². The summed E-state index contributed by atoms with van der Waals surface area (Å²) in [7, 11) is 0. The molecule has 0 rings (SSSR count). The van der Waals surface area contributed by atoms with E-state index in [-0.39, 0.29) is 5.97 Å². The summed E-state index contributed by atoms with van der Waals surface area (Å²) in [5, 5.41) is 0. The second kappa shape index (κ2) is 12.2. The number of hydrogen-bond donors (Lipinski definition) is 0. The predicted molar refractivity (Wildman–Crippen MR) is 86.7 cm³/mol. The predicted octanol–water partition coefficient (Wildman–Crippen LogP) is 5.60. The maximum absolute atomic E-state index is 11.6. The second-order valence-electron chi connectivity index (χ2n) is 6.80. The van der Waals surface area contributed by atoms with E-state index in [4.69, 9.17) is 4.74 Å². The molecule has 0 saturated heterocycles. The topological polar surface area (TPSA) is 26.3 Å². The molecule has 0 aliphatic carbocycles. The molecular weight excluding hydrogens is 248 g/mol. The first-order valence-corrected chi connectivity index (χ1v) is 8.63. The molecule has 120 valence electrons. The number of rotatable bonds is 12. The van der Waals surface area contributed by atoms with Crippen LogP contribution in [0.15, 0.2) is 0 Å². The lowest BCUT2D eigenvalue weighted by Gasteiger charge is -2.21. The van der Waals surface area contributed by atoms with Crippen molar-refractivity contribution in [1.82, 2.24) is 0 Å². The highest BCUT2D eigenvalue weighted by atomic mass is 16.5. The first-order valence-electron chi connectivity index (χ1n) is 8.63. The summed E-state index contributed by atoms with van der Waals surface area (Å²) in [5.74, 6) is 2.12. The second-order valence-corrected chi connectivity index (χ2v) is 6.80. The van der Waals surface area contributed by atoms with E-state index in [1.807, 2.05) is 0 Å². The van der Waals surface area contributed by atoms with Crippen molar-refractivity contribution in [2.24, 2.45) is 17.8 Å². The molecule has 0 amide bonds. The molecule has 0 fully saturated rings. The van der Waals surface area contributed by atoms with Crippen molar-refractivity contribution < 1.29 is 9.53 Å². The zero-order valence-corrected chi connectivity index (χ0v) is 14.4. The largest absolute Gasteiger partial charge is 0.466 e. The van der Waals surface area contributed by atoms with Gasteiger partial charge in [-0.25, -0.2) is 0 Å². The van der Waals surface area contributed by atoms with Gasteiger partial charge in [-0.1, -0.05) is 60.3 Å². The van der Waals surface area contributed by atoms with Crippen LogP contribution in [-0.2, 0) is 9.53 Å². The van der Waals surface area contributed by atoms with Gasteiger partial charge in [-0.3, -0.25) is 4.79 Å². The molecule has 0 aliphatic heterocycles. The van der Waals surface area contributed by atoms with Gasteiger partial charge in [-0.05, 0) is 37.0 Å². The Morgan fingerprint density at radius 1 is 0.950 bits per heavy atom. The normalized spacial score (nSPS) is 12.9. The third-order valence-corrected chi connectivity index (χ3v) is 4.04. The molecular formula is C18H36O2. The van der Waals surface area contributed by atoms with Crippen molar-refractivity contribution in [2.45, 2.75) is 86.0 Å². The van der Waals surface area contributed by atoms with Gasteiger partial charge in [0.15, 0.2) is 0 Å². The van der Waals surface area contributed by atoms with Gasteiger partial charge in [0.1, 0.15) is 0 Å². The van der Waals surface area contributed by atoms with E-state index in [0.717, 1.165) is 25.2 Å². The van der Waals surface area contributed by atoms with Crippen molar-refractivity contribution in [1.29, 1.82) is 0 Å². The molecule has 0 spiro atoms. The SMILES string of the molecule is CCCCCCC(=O)OCCC(CCC(C)C)C(C)C. The summed E-state index contributed by atoms with van der Waals surface area (Å²) in [6.45, 7) is 11.9. The van der Waals surface area contributed by atoms with E-state index in [2.05, 4.69) is 34.6 Å². The maximum Gasteiger partial charge on any atom is 0.305 e. The van der Waals surface area contributed by atoms with Crippen LogP contribution in [0.25, 0.3) is 0 Å². The van der Waals surface area contributed by atoms with Crippen molar-refractivity contribution in [3.05, 3.63) is 0 Å². The molecule has 1 unspecified atom stereocenters. The highest BCUT2D eigenvalue weighted by molar-refractivity contribution is 5.69. The summed E-state index contributed by atoms with van der Waals surface area (Å²) in [6, 6.07) is 0. The molecule has 0 aromatic rings. The monoisotopic (exact) mass is 284 g/mol. The van der Waals surface area contributed by atoms with Crippen molar-refractivity contribution in [3.63, 3.8) is 0 Å². The van der Waals surface area contributed by atoms with Crippen LogP contribution in [0.4, 0.5) is 0 Å². The van der Waals surface area contributed by atoms with E-state index in [9.17, 15) is 4.79 Å². The Labute approximate surface area is 126 Å². The van der Waals surface area contributed by atoms with Gasteiger partial charge >= 0.3 is 5.97 Å². The van der Waals surface area contributed by atoms with E-state index in [1.165, 1.54) is 25.7 Å². The fraction of sp³-hybridized carbons (Fsp3) is 0.944. The maximum atomic E-state index is 11.6. The number of ether oxygens (including phenoxy) is 1. The third-order valence-electron chi connectivity index (χ3n) is 4.04. The van der Waals surface area contributed by atoms with Gasteiger partial charge < -0.3 is 4.74 Å². The number of unbranched alkanes of at least 4 members (excludes halogenated alkanes) is 3. The zero-order chi connectivity index (χ0) is 15.4. The summed E-state index contributed by atoms with van der Waals surface area (Å²) in [5.41, 5.74) is 0. The molecule has 0 heterocycles. The van der Waals surface area contributed by atoms with Crippen LogP contribution in [-0.4, -0.2) is 12.6 Å². The van der Waals surface area contributed by atoms with Crippen LogP contribution in [0.2, 0.25) is 0 Å². The molecule has 2 nitrogen and oxygen atoms in total. The zero-order valence-electron chi connectivity index (χ0n) is 14.4. The summed E-state index contributed by atoms with van der Waals surface area (Å²) in [6.07, 6.45) is 8.70. The highest BCUT2D eigenvalue weighted by Gasteiger charge is 2.14. The first-order chi connectivity index (χ1) is 9.47. The van der Waals surface area contributed by atoms with Crippen LogP contribution in [0.3, 0.4) is 0 Å². The lowest BCUT2D eigenvalue weighted by molar-refractivity contribution is -0.144.